The number of carbonyl (C=O) groups is 1. The van der Waals surface area contributed by atoms with E-state index in [2.05, 4.69) is 35.7 Å². The van der Waals surface area contributed by atoms with Crippen molar-refractivity contribution in [2.24, 2.45) is 28.6 Å². The number of hydrogen-bond acceptors (Lipinski definition) is 5. The lowest BCUT2D eigenvalue weighted by Gasteiger charge is -2.58. The molecule has 0 amide bonds. The van der Waals surface area contributed by atoms with Gasteiger partial charge >= 0.3 is 0 Å². The maximum absolute atomic E-state index is 12.2. The highest BCUT2D eigenvalue weighted by atomic mass is 16.3. The Bertz CT molecular complexity index is 1530. The minimum absolute atomic E-state index is 0.130. The number of hydrogen-bond donors (Lipinski definition) is 1. The zero-order valence-corrected chi connectivity index (χ0v) is 23.9. The van der Waals surface area contributed by atoms with Crippen molar-refractivity contribution < 1.29 is 9.90 Å². The van der Waals surface area contributed by atoms with Gasteiger partial charge in [-0.2, -0.15) is 0 Å². The van der Waals surface area contributed by atoms with E-state index in [1.165, 1.54) is 5.57 Å². The van der Waals surface area contributed by atoms with Crippen LogP contribution in [0, 0.1) is 40.4 Å². The van der Waals surface area contributed by atoms with Gasteiger partial charge in [0.05, 0.1) is 22.8 Å². The molecule has 0 aliphatic heterocycles. The molecule has 5 heteroatoms. The standard InChI is InChI=1S/C36H37N3O2/c1-34-15-12-26(40)23-25(34)9-10-27-28(34)13-16-35(2)29(27)14-18-36(35,41)17-11-24-21-32(30-7-3-5-19-37-30)39-33(22-24)31-8-4-6-20-38-31/h3-8,19-23,27-29,41H,9-10,12-16,18H2,1-2H3/t27-,28+,29+,34+,35+,36+/m1/s1. The van der Waals surface area contributed by atoms with E-state index in [0.717, 1.165) is 66.9 Å². The van der Waals surface area contributed by atoms with Gasteiger partial charge in [0.1, 0.15) is 5.60 Å². The van der Waals surface area contributed by atoms with Crippen molar-refractivity contribution >= 4 is 5.78 Å². The predicted molar refractivity (Wildman–Crippen MR) is 159 cm³/mol. The molecule has 3 saturated carbocycles. The average Bonchev–Trinajstić information content (AvgIpc) is 3.27. The Kier molecular flexibility index (Phi) is 6.24. The molecule has 3 heterocycles. The van der Waals surface area contributed by atoms with Crippen LogP contribution >= 0.6 is 0 Å². The Labute approximate surface area is 242 Å². The molecule has 0 unspecified atom stereocenters. The third-order valence-electron chi connectivity index (χ3n) is 11.2. The number of aromatic nitrogens is 3. The van der Waals surface area contributed by atoms with Crippen LogP contribution in [-0.2, 0) is 4.79 Å². The number of nitrogens with zero attached hydrogens (tertiary/aromatic N) is 3. The average molecular weight is 544 g/mol. The van der Waals surface area contributed by atoms with Gasteiger partial charge in [-0.15, -0.1) is 0 Å². The van der Waals surface area contributed by atoms with E-state index >= 15 is 0 Å². The van der Waals surface area contributed by atoms with Crippen LogP contribution < -0.4 is 0 Å². The van der Waals surface area contributed by atoms with Crippen LogP contribution in [0.15, 0.2) is 72.6 Å². The van der Waals surface area contributed by atoms with Crippen molar-refractivity contribution in [1.29, 1.82) is 0 Å². The first-order valence-electron chi connectivity index (χ1n) is 15.1. The highest BCUT2D eigenvalue weighted by molar-refractivity contribution is 5.91. The van der Waals surface area contributed by atoms with Gasteiger partial charge in [0.2, 0.25) is 0 Å². The maximum Gasteiger partial charge on any atom is 0.155 e. The van der Waals surface area contributed by atoms with Crippen molar-refractivity contribution in [3.63, 3.8) is 0 Å². The summed E-state index contributed by atoms with van der Waals surface area (Å²) >= 11 is 0. The van der Waals surface area contributed by atoms with Crippen LogP contribution in [0.3, 0.4) is 0 Å². The molecule has 4 aliphatic rings. The van der Waals surface area contributed by atoms with Crippen LogP contribution in [0.2, 0.25) is 0 Å². The highest BCUT2D eigenvalue weighted by Crippen LogP contribution is 2.67. The molecule has 4 aliphatic carbocycles. The van der Waals surface area contributed by atoms with Crippen LogP contribution in [0.25, 0.3) is 22.8 Å². The first-order valence-corrected chi connectivity index (χ1v) is 15.1. The Morgan fingerprint density at radius 1 is 0.829 bits per heavy atom. The molecule has 0 radical (unpaired) electrons. The second-order valence-corrected chi connectivity index (χ2v) is 13.1. The van der Waals surface area contributed by atoms with Crippen LogP contribution in [0.1, 0.15) is 70.8 Å². The molecule has 5 nitrogen and oxygen atoms in total. The van der Waals surface area contributed by atoms with Crippen molar-refractivity contribution in [3.05, 3.63) is 78.1 Å². The molecule has 3 aromatic heterocycles. The minimum Gasteiger partial charge on any atom is -0.377 e. The molecule has 208 valence electrons. The smallest absolute Gasteiger partial charge is 0.155 e. The second-order valence-electron chi connectivity index (χ2n) is 13.1. The zero-order valence-electron chi connectivity index (χ0n) is 23.9. The fourth-order valence-electron chi connectivity index (χ4n) is 8.85. The summed E-state index contributed by atoms with van der Waals surface area (Å²) in [4.78, 5) is 26.1. The van der Waals surface area contributed by atoms with E-state index in [-0.39, 0.29) is 10.8 Å². The molecular weight excluding hydrogens is 506 g/mol. The highest BCUT2D eigenvalue weighted by Gasteiger charge is 2.63. The Hall–Kier alpha value is -3.62. The summed E-state index contributed by atoms with van der Waals surface area (Å²) in [5.41, 5.74) is 4.08. The molecule has 41 heavy (non-hydrogen) atoms. The Balaban J connectivity index is 1.22. The molecule has 7 rings (SSSR count). The third kappa shape index (κ3) is 4.27. The number of ketones is 1. The summed E-state index contributed by atoms with van der Waals surface area (Å²) in [5.74, 6) is 8.73. The molecule has 6 atom stereocenters. The number of fused-ring (bicyclic) bond motifs is 5. The maximum atomic E-state index is 12.2. The van der Waals surface area contributed by atoms with Crippen LogP contribution in [-0.4, -0.2) is 31.4 Å². The molecule has 0 spiro atoms. The Morgan fingerprint density at radius 3 is 2.17 bits per heavy atom. The van der Waals surface area contributed by atoms with Crippen molar-refractivity contribution in [3.8, 4) is 34.6 Å². The molecule has 3 aromatic rings. The van der Waals surface area contributed by atoms with E-state index in [9.17, 15) is 9.90 Å². The molecule has 3 fully saturated rings. The predicted octanol–water partition coefficient (Wildman–Crippen LogP) is 6.82. The van der Waals surface area contributed by atoms with Crippen molar-refractivity contribution in [1.82, 2.24) is 15.0 Å². The van der Waals surface area contributed by atoms with E-state index in [1.54, 1.807) is 12.4 Å². The summed E-state index contributed by atoms with van der Waals surface area (Å²) in [7, 11) is 0. The quantitative estimate of drug-likeness (QED) is 0.359. The second kappa shape index (κ2) is 9.74. The van der Waals surface area contributed by atoms with Gasteiger partial charge in [0.25, 0.3) is 0 Å². The van der Waals surface area contributed by atoms with E-state index in [4.69, 9.17) is 4.98 Å². The van der Waals surface area contributed by atoms with Crippen LogP contribution in [0.4, 0.5) is 0 Å². The van der Waals surface area contributed by atoms with Gasteiger partial charge in [-0.05, 0) is 111 Å². The first-order chi connectivity index (χ1) is 19.8. The van der Waals surface area contributed by atoms with Crippen LogP contribution in [0.5, 0.6) is 0 Å². The molecular formula is C36H37N3O2. The lowest BCUT2D eigenvalue weighted by atomic mass is 9.46. The molecule has 0 saturated heterocycles. The number of pyridine rings is 3. The number of allylic oxidation sites excluding steroid dienone is 1. The van der Waals surface area contributed by atoms with Gasteiger partial charge in [-0.1, -0.05) is 43.4 Å². The van der Waals surface area contributed by atoms with Crippen molar-refractivity contribution in [2.75, 3.05) is 0 Å². The number of aliphatic hydroxyl groups is 1. The lowest BCUT2D eigenvalue weighted by Crippen LogP contribution is -2.54. The number of rotatable bonds is 2. The first kappa shape index (κ1) is 26.3. The summed E-state index contributed by atoms with van der Waals surface area (Å²) in [6, 6.07) is 15.5. The third-order valence-corrected chi connectivity index (χ3v) is 11.2. The summed E-state index contributed by atoms with van der Waals surface area (Å²) in [5, 5.41) is 12.2. The lowest BCUT2D eigenvalue weighted by molar-refractivity contribution is -0.119. The fraction of sp³-hybridized carbons (Fsp3) is 0.444. The normalized spacial score (nSPS) is 34.0. The Morgan fingerprint density at radius 2 is 1.51 bits per heavy atom. The SMILES string of the molecule is C[C@]12CCC(=O)C=C1CC[C@@H]1[C@@H]2CC[C@@]2(C)[C@H]1CC[C@@]2(O)C#Cc1cc(-c2ccccn2)nc(-c2ccccn2)c1. The van der Waals surface area contributed by atoms with E-state index < -0.39 is 5.60 Å². The zero-order chi connectivity index (χ0) is 28.2. The van der Waals surface area contributed by atoms with Gasteiger partial charge in [0, 0.05) is 29.8 Å². The minimum atomic E-state index is -1.04. The molecule has 1 N–H and O–H groups in total. The van der Waals surface area contributed by atoms with Crippen molar-refractivity contribution in [2.45, 2.75) is 70.8 Å². The largest absolute Gasteiger partial charge is 0.377 e. The number of carbonyl (C=O) groups excluding carboxylic acids is 1. The molecule has 0 bridgehead atoms. The van der Waals surface area contributed by atoms with Gasteiger partial charge < -0.3 is 5.11 Å². The summed E-state index contributed by atoms with van der Waals surface area (Å²) in [6.07, 6.45) is 13.1. The van der Waals surface area contributed by atoms with Gasteiger partial charge in [-0.25, -0.2) is 4.98 Å². The van der Waals surface area contributed by atoms with Gasteiger partial charge in [-0.3, -0.25) is 14.8 Å². The van der Waals surface area contributed by atoms with E-state index in [0.29, 0.717) is 36.4 Å². The monoisotopic (exact) mass is 543 g/mol. The van der Waals surface area contributed by atoms with Gasteiger partial charge in [0.15, 0.2) is 5.78 Å². The summed E-state index contributed by atoms with van der Waals surface area (Å²) < 4.78 is 0. The van der Waals surface area contributed by atoms with E-state index in [1.807, 2.05) is 54.6 Å². The fourth-order valence-corrected chi connectivity index (χ4v) is 8.85. The summed E-state index contributed by atoms with van der Waals surface area (Å²) in [6.45, 7) is 4.70. The topological polar surface area (TPSA) is 76.0 Å². The molecule has 0 aromatic carbocycles.